The fourth-order valence-electron chi connectivity index (χ4n) is 4.49. The highest BCUT2D eigenvalue weighted by molar-refractivity contribution is 5.84. The number of hydrogen-bond acceptors (Lipinski definition) is 2. The second-order valence-corrected chi connectivity index (χ2v) is 9.60. The molecule has 0 bridgehead atoms. The Morgan fingerprint density at radius 3 is 1.98 bits per heavy atom. The third-order valence-electron chi connectivity index (χ3n) is 6.60. The molecule has 0 fully saturated rings. The Hall–Kier alpha value is -3.82. The third-order valence-corrected chi connectivity index (χ3v) is 6.60. The first-order valence-corrected chi connectivity index (χ1v) is 13.0. The fourth-order valence-corrected chi connectivity index (χ4v) is 4.49. The standard InChI is InChI=1S/C31H26F8O2/c1-2-3-12-40-22-16-25(32)24(26(33)17-22)11-6-18-5-10-23-21(13-18)9-8-20(29(23)36)7-4-19-14-27(34)30(28(35)15-19)41-31(37,38)39/h5,8-10,13-17H,2-4,6-7,11-12H2,1H3. The van der Waals surface area contributed by atoms with E-state index in [9.17, 15) is 30.7 Å². The summed E-state index contributed by atoms with van der Waals surface area (Å²) in [6, 6.07) is 11.8. The van der Waals surface area contributed by atoms with Gasteiger partial charge in [-0.2, -0.15) is 0 Å². The first-order valence-electron chi connectivity index (χ1n) is 13.0. The van der Waals surface area contributed by atoms with Crippen molar-refractivity contribution in [3.05, 3.63) is 106 Å². The number of alkyl halides is 3. The molecule has 0 saturated heterocycles. The van der Waals surface area contributed by atoms with Crippen molar-refractivity contribution in [2.75, 3.05) is 6.61 Å². The predicted molar refractivity (Wildman–Crippen MR) is 139 cm³/mol. The van der Waals surface area contributed by atoms with Crippen LogP contribution in [0.15, 0.2) is 54.6 Å². The highest BCUT2D eigenvalue weighted by Gasteiger charge is 2.34. The average molecular weight is 583 g/mol. The van der Waals surface area contributed by atoms with Gasteiger partial charge in [0.2, 0.25) is 5.75 Å². The molecule has 0 N–H and O–H groups in total. The normalized spacial score (nSPS) is 11.7. The van der Waals surface area contributed by atoms with Crippen LogP contribution in [0.2, 0.25) is 0 Å². The van der Waals surface area contributed by atoms with E-state index in [1.165, 1.54) is 18.2 Å². The van der Waals surface area contributed by atoms with Gasteiger partial charge in [-0.1, -0.05) is 43.7 Å². The largest absolute Gasteiger partial charge is 0.573 e. The Kier molecular flexibility index (Phi) is 9.40. The van der Waals surface area contributed by atoms with Crippen LogP contribution in [0, 0.1) is 29.1 Å². The average Bonchev–Trinajstić information content (AvgIpc) is 2.89. The summed E-state index contributed by atoms with van der Waals surface area (Å²) in [7, 11) is 0. The summed E-state index contributed by atoms with van der Waals surface area (Å²) in [4.78, 5) is 0. The maximum atomic E-state index is 15.2. The van der Waals surface area contributed by atoms with Crippen LogP contribution in [0.4, 0.5) is 35.1 Å². The second-order valence-electron chi connectivity index (χ2n) is 9.60. The van der Waals surface area contributed by atoms with Gasteiger partial charge in [-0.3, -0.25) is 0 Å². The Bertz CT molecular complexity index is 1490. The third kappa shape index (κ3) is 7.68. The van der Waals surface area contributed by atoms with Gasteiger partial charge >= 0.3 is 6.36 Å². The van der Waals surface area contributed by atoms with Gasteiger partial charge in [-0.05, 0) is 66.3 Å². The summed E-state index contributed by atoms with van der Waals surface area (Å²) in [6.07, 6.45) is -3.22. The van der Waals surface area contributed by atoms with E-state index in [2.05, 4.69) is 4.74 Å². The van der Waals surface area contributed by atoms with E-state index in [1.807, 2.05) is 6.92 Å². The van der Waals surface area contributed by atoms with Crippen molar-refractivity contribution < 1.29 is 44.6 Å². The van der Waals surface area contributed by atoms with Gasteiger partial charge in [-0.25, -0.2) is 22.0 Å². The summed E-state index contributed by atoms with van der Waals surface area (Å²) in [5.41, 5.74) is 0.940. The molecule has 0 amide bonds. The number of ether oxygens (including phenoxy) is 2. The molecule has 0 unspecified atom stereocenters. The van der Waals surface area contributed by atoms with Crippen LogP contribution in [0.25, 0.3) is 10.8 Å². The smallest absolute Gasteiger partial charge is 0.493 e. The maximum absolute atomic E-state index is 15.2. The van der Waals surface area contributed by atoms with E-state index in [4.69, 9.17) is 4.74 Å². The molecule has 2 nitrogen and oxygen atoms in total. The van der Waals surface area contributed by atoms with Gasteiger partial charge in [0, 0.05) is 23.1 Å². The van der Waals surface area contributed by atoms with Crippen molar-refractivity contribution in [1.82, 2.24) is 0 Å². The zero-order valence-corrected chi connectivity index (χ0v) is 22.0. The lowest BCUT2D eigenvalue weighted by Crippen LogP contribution is -2.19. The first-order chi connectivity index (χ1) is 19.4. The van der Waals surface area contributed by atoms with Gasteiger partial charge in [0.25, 0.3) is 0 Å². The molecular weight excluding hydrogens is 556 g/mol. The lowest BCUT2D eigenvalue weighted by molar-refractivity contribution is -0.276. The van der Waals surface area contributed by atoms with Crippen molar-refractivity contribution in [3.63, 3.8) is 0 Å². The van der Waals surface area contributed by atoms with Crippen LogP contribution in [0.5, 0.6) is 11.5 Å². The van der Waals surface area contributed by atoms with Crippen LogP contribution in [0.3, 0.4) is 0 Å². The van der Waals surface area contributed by atoms with E-state index < -0.39 is 41.2 Å². The van der Waals surface area contributed by atoms with Gasteiger partial charge in [0.1, 0.15) is 23.2 Å². The molecule has 0 spiro atoms. The van der Waals surface area contributed by atoms with Crippen LogP contribution < -0.4 is 9.47 Å². The van der Waals surface area contributed by atoms with Crippen LogP contribution in [-0.2, 0) is 25.7 Å². The quantitative estimate of drug-likeness (QED) is 0.130. The number of halogens is 8. The van der Waals surface area contributed by atoms with Crippen molar-refractivity contribution in [2.24, 2.45) is 0 Å². The van der Waals surface area contributed by atoms with E-state index in [0.717, 1.165) is 18.4 Å². The summed E-state index contributed by atoms with van der Waals surface area (Å²) in [6.45, 7) is 2.35. The van der Waals surface area contributed by atoms with Crippen LogP contribution in [0.1, 0.15) is 42.0 Å². The van der Waals surface area contributed by atoms with Gasteiger partial charge in [0.15, 0.2) is 11.6 Å². The molecule has 41 heavy (non-hydrogen) atoms. The lowest BCUT2D eigenvalue weighted by Gasteiger charge is -2.12. The minimum atomic E-state index is -5.25. The van der Waals surface area contributed by atoms with E-state index >= 15 is 4.39 Å². The summed E-state index contributed by atoms with van der Waals surface area (Å²) >= 11 is 0. The minimum absolute atomic E-state index is 0.0264. The van der Waals surface area contributed by atoms with Gasteiger partial charge in [-0.15, -0.1) is 13.2 Å². The molecule has 218 valence electrons. The van der Waals surface area contributed by atoms with E-state index in [1.54, 1.807) is 24.3 Å². The molecule has 0 heterocycles. The Morgan fingerprint density at radius 2 is 1.34 bits per heavy atom. The molecule has 0 aromatic heterocycles. The Morgan fingerprint density at radius 1 is 0.683 bits per heavy atom. The molecule has 0 aliphatic carbocycles. The number of aryl methyl sites for hydroxylation is 3. The fraction of sp³-hybridized carbons (Fsp3) is 0.290. The first kappa shape index (κ1) is 30.1. The molecule has 0 saturated carbocycles. The van der Waals surface area contributed by atoms with Crippen LogP contribution in [-0.4, -0.2) is 13.0 Å². The lowest BCUT2D eigenvalue weighted by atomic mass is 9.97. The van der Waals surface area contributed by atoms with Crippen molar-refractivity contribution in [2.45, 2.75) is 51.8 Å². The summed E-state index contributed by atoms with van der Waals surface area (Å²) in [5.74, 6) is -6.39. The molecule has 0 aliphatic heterocycles. The zero-order valence-electron chi connectivity index (χ0n) is 22.0. The second kappa shape index (κ2) is 12.8. The molecule has 0 aliphatic rings. The number of unbranched alkanes of at least 4 members (excludes halogenated alkanes) is 1. The maximum Gasteiger partial charge on any atom is 0.573 e. The number of benzene rings is 4. The SMILES string of the molecule is CCCCOc1cc(F)c(CCc2ccc3c(F)c(CCc4cc(F)c(OC(F)(F)F)c(F)c4)ccc3c2)c(F)c1. The summed E-state index contributed by atoms with van der Waals surface area (Å²) < 4.78 is 118. The molecule has 10 heteroatoms. The highest BCUT2D eigenvalue weighted by Crippen LogP contribution is 2.31. The van der Waals surface area contributed by atoms with Crippen LogP contribution >= 0.6 is 0 Å². The highest BCUT2D eigenvalue weighted by atomic mass is 19.4. The zero-order chi connectivity index (χ0) is 29.7. The molecule has 0 atom stereocenters. The van der Waals surface area contributed by atoms with Crippen molar-refractivity contribution >= 4 is 10.8 Å². The molecule has 0 radical (unpaired) electrons. The number of rotatable bonds is 11. The number of fused-ring (bicyclic) bond motifs is 1. The molecule has 4 aromatic rings. The minimum Gasteiger partial charge on any atom is -0.493 e. The van der Waals surface area contributed by atoms with E-state index in [-0.39, 0.29) is 47.1 Å². The van der Waals surface area contributed by atoms with Crippen molar-refractivity contribution in [3.8, 4) is 11.5 Å². The van der Waals surface area contributed by atoms with Gasteiger partial charge in [0.05, 0.1) is 6.61 Å². The monoisotopic (exact) mass is 582 g/mol. The van der Waals surface area contributed by atoms with Gasteiger partial charge < -0.3 is 9.47 Å². The van der Waals surface area contributed by atoms with E-state index in [0.29, 0.717) is 30.5 Å². The number of hydrogen-bond donors (Lipinski definition) is 0. The Balaban J connectivity index is 1.43. The Labute approximate surface area is 231 Å². The predicted octanol–water partition coefficient (Wildman–Crippen LogP) is 9.18. The molecule has 4 aromatic carbocycles. The molecule has 4 rings (SSSR count). The van der Waals surface area contributed by atoms with Crippen molar-refractivity contribution in [1.29, 1.82) is 0 Å². The topological polar surface area (TPSA) is 18.5 Å². The summed E-state index contributed by atoms with van der Waals surface area (Å²) in [5, 5.41) is 0.832. The molecular formula is C31H26F8O2.